The Morgan fingerprint density at radius 1 is 1.09 bits per heavy atom. The average Bonchev–Trinajstić information content (AvgIpc) is 3.60. The van der Waals surface area contributed by atoms with Crippen LogP contribution in [0.25, 0.3) is 0 Å². The Morgan fingerprint density at radius 2 is 1.88 bits per heavy atom. The summed E-state index contributed by atoms with van der Waals surface area (Å²) in [6.45, 7) is 4.43. The van der Waals surface area contributed by atoms with Crippen LogP contribution >= 0.6 is 11.3 Å². The summed E-state index contributed by atoms with van der Waals surface area (Å²) >= 11 is 1.65. The third-order valence-corrected chi connectivity index (χ3v) is 7.59. The van der Waals surface area contributed by atoms with Crippen molar-refractivity contribution in [3.05, 3.63) is 45.6 Å². The van der Waals surface area contributed by atoms with Crippen molar-refractivity contribution in [2.75, 3.05) is 33.6 Å². The standard InChI is InChI=1S/C26H34N2O5S/c1-19-10-13-34-24(19)16-28(15-20-8-9-22-23(14-20)33-18-32-22)25(29)17-27(11-5-12-31-2)26(30)21-6-3-4-7-21/h8-10,13-14,21H,3-7,11-12,15-18H2,1-2H3. The number of rotatable bonds is 11. The van der Waals surface area contributed by atoms with Crippen LogP contribution in [-0.4, -0.2) is 55.2 Å². The van der Waals surface area contributed by atoms with Crippen LogP contribution in [0.5, 0.6) is 11.5 Å². The zero-order chi connectivity index (χ0) is 23.9. The van der Waals surface area contributed by atoms with Gasteiger partial charge in [0.15, 0.2) is 11.5 Å². The third kappa shape index (κ3) is 6.10. The molecular weight excluding hydrogens is 452 g/mol. The van der Waals surface area contributed by atoms with Crippen molar-refractivity contribution >= 4 is 23.2 Å². The highest BCUT2D eigenvalue weighted by Crippen LogP contribution is 2.33. The van der Waals surface area contributed by atoms with Crippen LogP contribution < -0.4 is 9.47 Å². The molecule has 1 aromatic heterocycles. The Hall–Kier alpha value is -2.58. The summed E-state index contributed by atoms with van der Waals surface area (Å²) in [5.41, 5.74) is 2.15. The smallest absolute Gasteiger partial charge is 0.242 e. The molecule has 0 unspecified atom stereocenters. The molecule has 0 N–H and O–H groups in total. The van der Waals surface area contributed by atoms with E-state index in [4.69, 9.17) is 14.2 Å². The SMILES string of the molecule is COCCCN(CC(=O)N(Cc1ccc2c(c1)OCO2)Cc1sccc1C)C(=O)C1CCCC1. The first kappa shape index (κ1) is 24.5. The number of hydrogen-bond acceptors (Lipinski definition) is 6. The highest BCUT2D eigenvalue weighted by Gasteiger charge is 2.29. The number of benzene rings is 1. The van der Waals surface area contributed by atoms with Gasteiger partial charge in [-0.25, -0.2) is 0 Å². The van der Waals surface area contributed by atoms with Gasteiger partial charge < -0.3 is 24.0 Å². The zero-order valence-electron chi connectivity index (χ0n) is 20.1. The van der Waals surface area contributed by atoms with Gasteiger partial charge in [0, 0.05) is 37.6 Å². The largest absolute Gasteiger partial charge is 0.454 e. The molecule has 1 aliphatic carbocycles. The topological polar surface area (TPSA) is 68.3 Å². The molecule has 2 aromatic rings. The predicted octanol–water partition coefficient (Wildman–Crippen LogP) is 4.37. The summed E-state index contributed by atoms with van der Waals surface area (Å²) in [5.74, 6) is 1.53. The maximum absolute atomic E-state index is 13.6. The molecule has 184 valence electrons. The number of carbonyl (C=O) groups is 2. The lowest BCUT2D eigenvalue weighted by molar-refractivity contribution is -0.143. The monoisotopic (exact) mass is 486 g/mol. The van der Waals surface area contributed by atoms with Gasteiger partial charge in [-0.3, -0.25) is 9.59 Å². The van der Waals surface area contributed by atoms with E-state index in [9.17, 15) is 9.59 Å². The van der Waals surface area contributed by atoms with E-state index < -0.39 is 0 Å². The molecule has 2 heterocycles. The minimum atomic E-state index is -0.0470. The summed E-state index contributed by atoms with van der Waals surface area (Å²) in [4.78, 5) is 31.6. The lowest BCUT2D eigenvalue weighted by Gasteiger charge is -2.29. The van der Waals surface area contributed by atoms with E-state index in [1.807, 2.05) is 23.1 Å². The van der Waals surface area contributed by atoms with Crippen molar-refractivity contribution in [1.29, 1.82) is 0 Å². The Labute approximate surface area is 205 Å². The van der Waals surface area contributed by atoms with Crippen molar-refractivity contribution in [2.45, 2.75) is 52.1 Å². The van der Waals surface area contributed by atoms with E-state index in [-0.39, 0.29) is 31.1 Å². The summed E-state index contributed by atoms with van der Waals surface area (Å²) in [7, 11) is 1.66. The normalized spacial score (nSPS) is 15.0. The number of thiophene rings is 1. The minimum absolute atomic E-state index is 0.0391. The van der Waals surface area contributed by atoms with Crippen LogP contribution in [0.3, 0.4) is 0 Å². The van der Waals surface area contributed by atoms with Crippen LogP contribution in [-0.2, 0) is 27.4 Å². The fourth-order valence-corrected chi connectivity index (χ4v) is 5.51. The summed E-state index contributed by atoms with van der Waals surface area (Å²) in [5, 5.41) is 2.05. The summed E-state index contributed by atoms with van der Waals surface area (Å²) in [6, 6.07) is 7.86. The Morgan fingerprint density at radius 3 is 2.62 bits per heavy atom. The molecule has 1 aromatic carbocycles. The number of methoxy groups -OCH3 is 1. The van der Waals surface area contributed by atoms with Gasteiger partial charge in [0.2, 0.25) is 18.6 Å². The van der Waals surface area contributed by atoms with Crippen molar-refractivity contribution in [3.63, 3.8) is 0 Å². The summed E-state index contributed by atoms with van der Waals surface area (Å²) in [6.07, 6.45) is 4.73. The van der Waals surface area contributed by atoms with E-state index >= 15 is 0 Å². The minimum Gasteiger partial charge on any atom is -0.454 e. The van der Waals surface area contributed by atoms with Gasteiger partial charge in [-0.1, -0.05) is 18.9 Å². The van der Waals surface area contributed by atoms with E-state index in [1.165, 1.54) is 5.56 Å². The number of fused-ring (bicyclic) bond motifs is 1. The van der Waals surface area contributed by atoms with Gasteiger partial charge in [-0.05, 0) is 60.9 Å². The van der Waals surface area contributed by atoms with Crippen molar-refractivity contribution in [3.8, 4) is 11.5 Å². The molecule has 2 aliphatic rings. The average molecular weight is 487 g/mol. The predicted molar refractivity (Wildman–Crippen MR) is 131 cm³/mol. The van der Waals surface area contributed by atoms with Crippen LogP contribution in [0.4, 0.5) is 0 Å². The molecule has 0 bridgehead atoms. The highest BCUT2D eigenvalue weighted by molar-refractivity contribution is 7.10. The number of aryl methyl sites for hydroxylation is 1. The molecule has 0 spiro atoms. The Bertz CT molecular complexity index is 985. The lowest BCUT2D eigenvalue weighted by Crippen LogP contribution is -2.44. The first-order valence-corrected chi connectivity index (χ1v) is 12.9. The number of hydrogen-bond donors (Lipinski definition) is 0. The molecule has 1 fully saturated rings. The van der Waals surface area contributed by atoms with Gasteiger partial charge in [-0.15, -0.1) is 11.3 Å². The first-order valence-electron chi connectivity index (χ1n) is 12.0. The maximum Gasteiger partial charge on any atom is 0.242 e. The first-order chi connectivity index (χ1) is 16.5. The van der Waals surface area contributed by atoms with Crippen LogP contribution in [0.2, 0.25) is 0 Å². The van der Waals surface area contributed by atoms with Crippen LogP contribution in [0, 0.1) is 12.8 Å². The number of nitrogens with zero attached hydrogens (tertiary/aromatic N) is 2. The fourth-order valence-electron chi connectivity index (χ4n) is 4.59. The molecule has 34 heavy (non-hydrogen) atoms. The quantitative estimate of drug-likeness (QED) is 0.441. The molecule has 2 amide bonds. The van der Waals surface area contributed by atoms with E-state index in [1.54, 1.807) is 23.3 Å². The fraction of sp³-hybridized carbons (Fsp3) is 0.538. The van der Waals surface area contributed by atoms with Gasteiger partial charge >= 0.3 is 0 Å². The van der Waals surface area contributed by atoms with Crippen molar-refractivity contribution in [1.82, 2.24) is 9.80 Å². The zero-order valence-corrected chi connectivity index (χ0v) is 20.9. The second kappa shape index (κ2) is 11.7. The Kier molecular flexibility index (Phi) is 8.45. The van der Waals surface area contributed by atoms with Gasteiger partial charge in [0.1, 0.15) is 0 Å². The second-order valence-corrected chi connectivity index (χ2v) is 10.1. The molecule has 1 aliphatic heterocycles. The van der Waals surface area contributed by atoms with E-state index in [2.05, 4.69) is 18.4 Å². The molecule has 4 rings (SSSR count). The molecule has 1 saturated carbocycles. The Balaban J connectivity index is 1.51. The summed E-state index contributed by atoms with van der Waals surface area (Å²) < 4.78 is 16.1. The van der Waals surface area contributed by atoms with Gasteiger partial charge in [0.05, 0.1) is 13.1 Å². The van der Waals surface area contributed by atoms with E-state index in [0.29, 0.717) is 38.4 Å². The van der Waals surface area contributed by atoms with Crippen molar-refractivity contribution in [2.24, 2.45) is 5.92 Å². The molecule has 0 atom stereocenters. The molecule has 8 heteroatoms. The van der Waals surface area contributed by atoms with Gasteiger partial charge in [0.25, 0.3) is 0 Å². The van der Waals surface area contributed by atoms with Crippen LogP contribution in [0.15, 0.2) is 29.6 Å². The molecular formula is C26H34N2O5S. The number of ether oxygens (including phenoxy) is 3. The van der Waals surface area contributed by atoms with E-state index in [0.717, 1.165) is 41.9 Å². The van der Waals surface area contributed by atoms with Gasteiger partial charge in [-0.2, -0.15) is 0 Å². The number of carbonyl (C=O) groups excluding carboxylic acids is 2. The molecule has 0 radical (unpaired) electrons. The van der Waals surface area contributed by atoms with Crippen molar-refractivity contribution < 1.29 is 23.8 Å². The third-order valence-electron chi connectivity index (χ3n) is 6.58. The van der Waals surface area contributed by atoms with Crippen LogP contribution in [0.1, 0.15) is 48.1 Å². The maximum atomic E-state index is 13.6. The molecule has 7 nitrogen and oxygen atoms in total. The highest BCUT2D eigenvalue weighted by atomic mass is 32.1. The second-order valence-electron chi connectivity index (χ2n) is 9.05. The lowest BCUT2D eigenvalue weighted by atomic mass is 10.1. The molecule has 0 saturated heterocycles. The number of amides is 2.